The highest BCUT2D eigenvalue weighted by Crippen LogP contribution is 2.37. The molecule has 0 aliphatic carbocycles. The molecule has 1 unspecified atom stereocenters. The lowest BCUT2D eigenvalue weighted by Gasteiger charge is -2.38. The van der Waals surface area contributed by atoms with Crippen LogP contribution in [0.2, 0.25) is 0 Å². The molecule has 6 nitrogen and oxygen atoms in total. The van der Waals surface area contributed by atoms with Crippen LogP contribution in [0.5, 0.6) is 0 Å². The summed E-state index contributed by atoms with van der Waals surface area (Å²) in [6, 6.07) is 10.6. The van der Waals surface area contributed by atoms with Gasteiger partial charge in [-0.15, -0.1) is 11.3 Å². The molecule has 152 valence electrons. The lowest BCUT2D eigenvalue weighted by molar-refractivity contribution is 0.200. The van der Waals surface area contributed by atoms with Crippen LogP contribution >= 0.6 is 27.3 Å². The van der Waals surface area contributed by atoms with Gasteiger partial charge in [0.05, 0.1) is 21.7 Å². The van der Waals surface area contributed by atoms with Gasteiger partial charge >= 0.3 is 0 Å². The molecule has 3 aromatic rings. The molecular formula is C20H21BrN4O2S2. The Morgan fingerprint density at radius 2 is 1.83 bits per heavy atom. The molecule has 2 aliphatic rings. The van der Waals surface area contributed by atoms with E-state index in [2.05, 4.69) is 66.0 Å². The van der Waals surface area contributed by atoms with Gasteiger partial charge in [0.15, 0.2) is 9.84 Å². The second-order valence-corrected chi connectivity index (χ2v) is 11.8. The molecule has 9 heteroatoms. The zero-order valence-electron chi connectivity index (χ0n) is 15.8. The average Bonchev–Trinajstić information content (AvgIpc) is 3.31. The van der Waals surface area contributed by atoms with Crippen molar-refractivity contribution in [3.8, 4) is 10.4 Å². The SMILES string of the molecule is O=S1(=O)CCC(N2CCN(c3ncnc4cc(-c5ccc(Br)cc5)sc34)CC2)C1. The van der Waals surface area contributed by atoms with Gasteiger partial charge in [0.25, 0.3) is 0 Å². The first-order chi connectivity index (χ1) is 14.0. The number of hydrogen-bond donors (Lipinski definition) is 0. The highest BCUT2D eigenvalue weighted by molar-refractivity contribution is 9.10. The maximum absolute atomic E-state index is 11.8. The number of sulfone groups is 1. The van der Waals surface area contributed by atoms with E-state index >= 15 is 0 Å². The van der Waals surface area contributed by atoms with Crippen molar-refractivity contribution in [2.24, 2.45) is 0 Å². The molecule has 29 heavy (non-hydrogen) atoms. The number of nitrogens with zero attached hydrogens (tertiary/aromatic N) is 4. The Hall–Kier alpha value is -1.55. The minimum atomic E-state index is -2.84. The van der Waals surface area contributed by atoms with E-state index in [1.165, 1.54) is 10.4 Å². The van der Waals surface area contributed by atoms with Gasteiger partial charge in [-0.05, 0) is 30.2 Å². The summed E-state index contributed by atoms with van der Waals surface area (Å²) in [6.07, 6.45) is 2.41. The highest BCUT2D eigenvalue weighted by atomic mass is 79.9. The van der Waals surface area contributed by atoms with Gasteiger partial charge in [0.2, 0.25) is 0 Å². The summed E-state index contributed by atoms with van der Waals surface area (Å²) in [6.45, 7) is 3.45. The van der Waals surface area contributed by atoms with Crippen molar-refractivity contribution in [3.63, 3.8) is 0 Å². The van der Waals surface area contributed by atoms with Gasteiger partial charge in [-0.1, -0.05) is 28.1 Å². The molecule has 5 rings (SSSR count). The van der Waals surface area contributed by atoms with E-state index < -0.39 is 9.84 Å². The quantitative estimate of drug-likeness (QED) is 0.557. The molecule has 0 amide bonds. The van der Waals surface area contributed by atoms with Gasteiger partial charge in [-0.25, -0.2) is 18.4 Å². The van der Waals surface area contributed by atoms with Gasteiger partial charge < -0.3 is 4.90 Å². The first-order valence-corrected chi connectivity index (χ1v) is 13.1. The van der Waals surface area contributed by atoms with Crippen LogP contribution in [-0.2, 0) is 9.84 Å². The molecule has 2 fully saturated rings. The Bertz CT molecular complexity index is 1140. The number of thiophene rings is 1. The smallest absolute Gasteiger partial charge is 0.151 e. The fraction of sp³-hybridized carbons (Fsp3) is 0.400. The fourth-order valence-corrected chi connectivity index (χ4v) is 7.35. The van der Waals surface area contributed by atoms with Crippen LogP contribution in [0.25, 0.3) is 20.7 Å². The maximum atomic E-state index is 11.8. The normalized spacial score (nSPS) is 22.4. The molecule has 0 spiro atoms. The van der Waals surface area contributed by atoms with Crippen molar-refractivity contribution in [2.75, 3.05) is 42.6 Å². The van der Waals surface area contributed by atoms with Crippen molar-refractivity contribution >= 4 is 53.1 Å². The third-order valence-corrected chi connectivity index (χ3v) is 9.21. The van der Waals surface area contributed by atoms with E-state index in [-0.39, 0.29) is 6.04 Å². The second-order valence-electron chi connectivity index (χ2n) is 7.61. The monoisotopic (exact) mass is 492 g/mol. The first kappa shape index (κ1) is 19.4. The molecular weight excluding hydrogens is 472 g/mol. The predicted molar refractivity (Wildman–Crippen MR) is 121 cm³/mol. The summed E-state index contributed by atoms with van der Waals surface area (Å²) in [5, 5.41) is 0. The lowest BCUT2D eigenvalue weighted by atomic mass is 10.2. The van der Waals surface area contributed by atoms with Gasteiger partial charge in [-0.2, -0.15) is 0 Å². The molecule has 1 aromatic carbocycles. The summed E-state index contributed by atoms with van der Waals surface area (Å²) < 4.78 is 25.8. The summed E-state index contributed by atoms with van der Waals surface area (Å²) in [7, 11) is -2.84. The Kier molecular flexibility index (Phi) is 5.09. The molecule has 0 N–H and O–H groups in total. The summed E-state index contributed by atoms with van der Waals surface area (Å²) in [4.78, 5) is 14.9. The van der Waals surface area contributed by atoms with E-state index in [9.17, 15) is 8.42 Å². The summed E-state index contributed by atoms with van der Waals surface area (Å²) in [5.41, 5.74) is 2.15. The topological polar surface area (TPSA) is 66.4 Å². The molecule has 4 heterocycles. The van der Waals surface area contributed by atoms with Crippen molar-refractivity contribution < 1.29 is 8.42 Å². The Morgan fingerprint density at radius 3 is 2.52 bits per heavy atom. The second kappa shape index (κ2) is 7.61. The van der Waals surface area contributed by atoms with Crippen LogP contribution in [0.1, 0.15) is 6.42 Å². The van der Waals surface area contributed by atoms with Crippen LogP contribution in [0.4, 0.5) is 5.82 Å². The largest absolute Gasteiger partial charge is 0.353 e. The van der Waals surface area contributed by atoms with Gasteiger partial charge in [0.1, 0.15) is 12.1 Å². The fourth-order valence-electron chi connectivity index (χ4n) is 4.19. The van der Waals surface area contributed by atoms with E-state index in [1.54, 1.807) is 17.7 Å². The molecule has 0 radical (unpaired) electrons. The van der Waals surface area contributed by atoms with Gasteiger partial charge in [-0.3, -0.25) is 4.90 Å². The molecule has 0 saturated carbocycles. The number of halogens is 1. The molecule has 2 aromatic heterocycles. The van der Waals surface area contributed by atoms with Crippen molar-refractivity contribution in [3.05, 3.63) is 41.1 Å². The van der Waals surface area contributed by atoms with Crippen LogP contribution in [0.3, 0.4) is 0 Å². The minimum absolute atomic E-state index is 0.179. The van der Waals surface area contributed by atoms with Crippen LogP contribution in [-0.4, -0.2) is 67.0 Å². The molecule has 0 bridgehead atoms. The molecule has 1 atom stereocenters. The van der Waals surface area contributed by atoms with E-state index in [4.69, 9.17) is 0 Å². The number of benzene rings is 1. The number of hydrogen-bond acceptors (Lipinski definition) is 7. The Labute approximate surface area is 182 Å². The van der Waals surface area contributed by atoms with E-state index in [0.29, 0.717) is 11.5 Å². The standard InChI is InChI=1S/C20H21BrN4O2S2/c21-15-3-1-14(2-4-15)18-11-17-19(28-18)20(23-13-22-17)25-8-6-24(7-9-25)16-5-10-29(26,27)12-16/h1-4,11,13,16H,5-10,12H2. The van der Waals surface area contributed by atoms with Crippen molar-refractivity contribution in [1.82, 2.24) is 14.9 Å². The Balaban J connectivity index is 1.36. The molecule has 2 saturated heterocycles. The third-order valence-electron chi connectivity index (χ3n) is 5.76. The zero-order chi connectivity index (χ0) is 20.0. The average molecular weight is 493 g/mol. The maximum Gasteiger partial charge on any atom is 0.151 e. The number of anilines is 1. The van der Waals surface area contributed by atoms with Crippen molar-refractivity contribution in [1.29, 1.82) is 0 Å². The van der Waals surface area contributed by atoms with Crippen LogP contribution in [0.15, 0.2) is 41.1 Å². The first-order valence-electron chi connectivity index (χ1n) is 9.68. The number of piperazine rings is 1. The zero-order valence-corrected chi connectivity index (χ0v) is 19.0. The number of rotatable bonds is 3. The van der Waals surface area contributed by atoms with Gasteiger partial charge in [0, 0.05) is 41.6 Å². The lowest BCUT2D eigenvalue weighted by Crippen LogP contribution is -2.51. The van der Waals surface area contributed by atoms with E-state index in [0.717, 1.165) is 53.1 Å². The summed E-state index contributed by atoms with van der Waals surface area (Å²) in [5.74, 6) is 1.63. The van der Waals surface area contributed by atoms with Crippen molar-refractivity contribution in [2.45, 2.75) is 12.5 Å². The number of aromatic nitrogens is 2. The van der Waals surface area contributed by atoms with Crippen LogP contribution < -0.4 is 4.90 Å². The Morgan fingerprint density at radius 1 is 1.07 bits per heavy atom. The number of fused-ring (bicyclic) bond motifs is 1. The minimum Gasteiger partial charge on any atom is -0.353 e. The predicted octanol–water partition coefficient (Wildman–Crippen LogP) is 3.43. The third kappa shape index (κ3) is 3.93. The van der Waals surface area contributed by atoms with Crippen LogP contribution in [0, 0.1) is 0 Å². The molecule has 2 aliphatic heterocycles. The van der Waals surface area contributed by atoms with E-state index in [1.807, 2.05) is 0 Å². The summed E-state index contributed by atoms with van der Waals surface area (Å²) >= 11 is 5.22. The highest BCUT2D eigenvalue weighted by Gasteiger charge is 2.34.